The van der Waals surface area contributed by atoms with E-state index in [1.54, 1.807) is 31.4 Å². The van der Waals surface area contributed by atoms with Gasteiger partial charge in [-0.1, -0.05) is 109 Å². The van der Waals surface area contributed by atoms with Crippen LogP contribution in [-0.2, 0) is 20.4 Å². The lowest BCUT2D eigenvalue weighted by Gasteiger charge is -2.34. The van der Waals surface area contributed by atoms with Gasteiger partial charge in [0.05, 0.1) is 10.6 Å². The Morgan fingerprint density at radius 1 is 0.649 bits per heavy atom. The molecule has 4 aromatic carbocycles. The van der Waals surface area contributed by atoms with Crippen molar-refractivity contribution in [1.29, 1.82) is 0 Å². The number of sulfonamides is 1. The van der Waals surface area contributed by atoms with Crippen molar-refractivity contribution in [2.45, 2.75) is 17.4 Å². The van der Waals surface area contributed by atoms with Gasteiger partial charge in [-0.15, -0.1) is 0 Å². The van der Waals surface area contributed by atoms with Gasteiger partial charge in [-0.3, -0.25) is 0 Å². The van der Waals surface area contributed by atoms with Crippen LogP contribution >= 0.6 is 0 Å². The topological polar surface area (TPSA) is 55.7 Å². The zero-order chi connectivity index (χ0) is 25.9. The number of hydrogen-bond donors (Lipinski definition) is 0. The first-order chi connectivity index (χ1) is 17.9. The maximum atomic E-state index is 13.6. The van der Waals surface area contributed by atoms with Crippen molar-refractivity contribution in [2.24, 2.45) is 4.40 Å². The number of hydrogen-bond acceptors (Lipinski definition) is 3. The second-order valence-electron chi connectivity index (χ2n) is 8.94. The minimum absolute atomic E-state index is 0.150. The molecule has 0 radical (unpaired) electrons. The fourth-order valence-corrected chi connectivity index (χ4v) is 5.53. The van der Waals surface area contributed by atoms with Gasteiger partial charge < -0.3 is 4.74 Å². The lowest BCUT2D eigenvalue weighted by molar-refractivity contribution is 0.0732. The number of methoxy groups -OCH3 is 1. The third kappa shape index (κ3) is 4.96. The highest BCUT2D eigenvalue weighted by atomic mass is 32.2. The quantitative estimate of drug-likeness (QED) is 0.288. The molecule has 0 bridgehead atoms. The van der Waals surface area contributed by atoms with Gasteiger partial charge in [-0.2, -0.15) is 12.8 Å². The first-order valence-electron chi connectivity index (χ1n) is 12.0. The molecule has 0 atom stereocenters. The molecule has 0 spiro atoms. The molecule has 0 aromatic heterocycles. The van der Waals surface area contributed by atoms with Crippen molar-refractivity contribution in [3.63, 3.8) is 0 Å². The molecule has 0 saturated carbocycles. The van der Waals surface area contributed by atoms with Crippen LogP contribution in [0.25, 0.3) is 11.1 Å². The SMILES string of the molecule is COC1(c2ccccc2)C=C(c2ccccc2)C(=NS(=O)(=O)c2ccc(C)cc2)C(c2ccccc2)=C1. The van der Waals surface area contributed by atoms with Gasteiger partial charge in [0.1, 0.15) is 5.60 Å². The first kappa shape index (κ1) is 24.6. The number of aryl methyl sites for hydroxylation is 1. The Balaban J connectivity index is 1.82. The fraction of sp³-hybridized carbons (Fsp3) is 0.0938. The molecule has 5 rings (SSSR count). The predicted octanol–water partition coefficient (Wildman–Crippen LogP) is 6.85. The average Bonchev–Trinajstić information content (AvgIpc) is 2.95. The van der Waals surface area contributed by atoms with Crippen LogP contribution in [0.4, 0.5) is 0 Å². The van der Waals surface area contributed by atoms with Gasteiger partial charge in [0.2, 0.25) is 0 Å². The predicted molar refractivity (Wildman–Crippen MR) is 150 cm³/mol. The van der Waals surface area contributed by atoms with Crippen LogP contribution in [-0.4, -0.2) is 21.2 Å². The summed E-state index contributed by atoms with van der Waals surface area (Å²) in [6.45, 7) is 1.92. The molecule has 0 aliphatic heterocycles. The van der Waals surface area contributed by atoms with E-state index >= 15 is 0 Å². The van der Waals surface area contributed by atoms with E-state index in [0.717, 1.165) is 22.3 Å². The number of nitrogens with zero attached hydrogens (tertiary/aromatic N) is 1. The summed E-state index contributed by atoms with van der Waals surface area (Å²) in [6, 6.07) is 36.1. The highest BCUT2D eigenvalue weighted by Crippen LogP contribution is 2.42. The van der Waals surface area contributed by atoms with Crippen molar-refractivity contribution < 1.29 is 13.2 Å². The van der Waals surface area contributed by atoms with E-state index in [1.165, 1.54) is 0 Å². The molecule has 1 aliphatic rings. The molecule has 4 nitrogen and oxygen atoms in total. The highest BCUT2D eigenvalue weighted by molar-refractivity contribution is 7.90. The summed E-state index contributed by atoms with van der Waals surface area (Å²) in [5.74, 6) is 0. The van der Waals surface area contributed by atoms with Crippen LogP contribution in [0.2, 0.25) is 0 Å². The number of benzene rings is 4. The van der Waals surface area contributed by atoms with Gasteiger partial charge in [-0.25, -0.2) is 0 Å². The minimum Gasteiger partial charge on any atom is -0.365 e. The zero-order valence-corrected chi connectivity index (χ0v) is 21.5. The van der Waals surface area contributed by atoms with Crippen LogP contribution in [0.5, 0.6) is 0 Å². The Hall–Kier alpha value is -4.06. The standard InChI is InChI=1S/C32H27NO3S/c1-24-18-20-28(21-19-24)37(34,35)33-31-29(25-12-6-3-7-13-25)22-32(36-2,27-16-10-5-11-17-27)23-30(31)26-14-8-4-9-15-26/h3-23H,1-2H3. The maximum Gasteiger partial charge on any atom is 0.282 e. The normalized spacial score (nSPS) is 17.6. The van der Waals surface area contributed by atoms with Gasteiger partial charge in [0.25, 0.3) is 10.0 Å². The van der Waals surface area contributed by atoms with Gasteiger partial charge in [-0.05, 0) is 47.9 Å². The van der Waals surface area contributed by atoms with E-state index < -0.39 is 15.6 Å². The molecule has 0 heterocycles. The minimum atomic E-state index is -4.00. The third-order valence-electron chi connectivity index (χ3n) is 6.49. The summed E-state index contributed by atoms with van der Waals surface area (Å²) < 4.78 is 37.8. The van der Waals surface area contributed by atoms with Gasteiger partial charge in [0, 0.05) is 18.3 Å². The Bertz CT molecular complexity index is 1530. The average molecular weight is 506 g/mol. The second kappa shape index (κ2) is 10.1. The molecule has 0 fully saturated rings. The molecule has 184 valence electrons. The van der Waals surface area contributed by atoms with Crippen molar-refractivity contribution in [1.82, 2.24) is 0 Å². The molecule has 0 amide bonds. The lowest BCUT2D eigenvalue weighted by Crippen LogP contribution is -2.30. The molecule has 5 heteroatoms. The molecule has 1 aliphatic carbocycles. The zero-order valence-electron chi connectivity index (χ0n) is 20.7. The summed E-state index contributed by atoms with van der Waals surface area (Å²) in [4.78, 5) is 0.150. The van der Waals surface area contributed by atoms with Crippen LogP contribution in [0.15, 0.2) is 137 Å². The smallest absolute Gasteiger partial charge is 0.282 e. The van der Waals surface area contributed by atoms with Gasteiger partial charge >= 0.3 is 0 Å². The van der Waals surface area contributed by atoms with E-state index in [0.29, 0.717) is 16.9 Å². The van der Waals surface area contributed by atoms with E-state index in [4.69, 9.17) is 4.74 Å². The summed E-state index contributed by atoms with van der Waals surface area (Å²) in [5, 5.41) is 0. The third-order valence-corrected chi connectivity index (χ3v) is 7.78. The molecule has 0 N–H and O–H groups in total. The van der Waals surface area contributed by atoms with Crippen LogP contribution < -0.4 is 0 Å². The molecule has 0 unspecified atom stereocenters. The molecule has 37 heavy (non-hydrogen) atoms. The van der Waals surface area contributed by atoms with Crippen LogP contribution in [0.3, 0.4) is 0 Å². The Morgan fingerprint density at radius 2 is 1.11 bits per heavy atom. The Kier molecular flexibility index (Phi) is 6.74. The Labute approximate surface area is 218 Å². The number of allylic oxidation sites excluding steroid dienone is 2. The molecule has 0 saturated heterocycles. The van der Waals surface area contributed by atoms with Crippen molar-refractivity contribution in [2.75, 3.05) is 7.11 Å². The monoisotopic (exact) mass is 505 g/mol. The summed E-state index contributed by atoms with van der Waals surface area (Å²) in [6.07, 6.45) is 3.93. The lowest BCUT2D eigenvalue weighted by atomic mass is 9.78. The highest BCUT2D eigenvalue weighted by Gasteiger charge is 2.36. The Morgan fingerprint density at radius 3 is 1.57 bits per heavy atom. The summed E-state index contributed by atoms with van der Waals surface area (Å²) in [5.41, 5.74) is 4.42. The van der Waals surface area contributed by atoms with Crippen molar-refractivity contribution >= 4 is 26.9 Å². The van der Waals surface area contributed by atoms with Crippen LogP contribution in [0.1, 0.15) is 22.3 Å². The summed E-state index contributed by atoms with van der Waals surface area (Å²) in [7, 11) is -2.34. The molecular weight excluding hydrogens is 478 g/mol. The van der Waals surface area contributed by atoms with Crippen molar-refractivity contribution in [3.8, 4) is 0 Å². The number of rotatable bonds is 6. The van der Waals surface area contributed by atoms with E-state index in [1.807, 2.05) is 110 Å². The van der Waals surface area contributed by atoms with Crippen LogP contribution in [0, 0.1) is 6.92 Å². The maximum absolute atomic E-state index is 13.6. The van der Waals surface area contributed by atoms with Gasteiger partial charge in [0.15, 0.2) is 0 Å². The summed E-state index contributed by atoms with van der Waals surface area (Å²) >= 11 is 0. The first-order valence-corrected chi connectivity index (χ1v) is 13.5. The fourth-order valence-electron chi connectivity index (χ4n) is 4.51. The van der Waals surface area contributed by atoms with E-state index in [-0.39, 0.29) is 4.90 Å². The van der Waals surface area contributed by atoms with Crippen molar-refractivity contribution in [3.05, 3.63) is 150 Å². The molecule has 4 aromatic rings. The van der Waals surface area contributed by atoms with E-state index in [2.05, 4.69) is 4.40 Å². The molecular formula is C32H27NO3S. The number of ether oxygens (including phenoxy) is 1. The van der Waals surface area contributed by atoms with E-state index in [9.17, 15) is 8.42 Å². The second-order valence-corrected chi connectivity index (χ2v) is 10.5. The largest absolute Gasteiger partial charge is 0.365 e.